The summed E-state index contributed by atoms with van der Waals surface area (Å²) < 4.78 is 10.4. The Morgan fingerprint density at radius 2 is 2.00 bits per heavy atom. The van der Waals surface area contributed by atoms with Gasteiger partial charge in [0.1, 0.15) is 0 Å². The summed E-state index contributed by atoms with van der Waals surface area (Å²) in [6, 6.07) is 4.77. The van der Waals surface area contributed by atoms with Crippen LogP contribution < -0.4 is 15.0 Å². The zero-order valence-electron chi connectivity index (χ0n) is 11.2. The van der Waals surface area contributed by atoms with Crippen molar-refractivity contribution < 1.29 is 23.9 Å². The van der Waals surface area contributed by atoms with Crippen molar-refractivity contribution in [2.45, 2.75) is 13.8 Å². The number of benzene rings is 1. The number of hydrogen-bond donors (Lipinski definition) is 1. The Bertz CT molecular complexity index is 458. The van der Waals surface area contributed by atoms with E-state index >= 15 is 0 Å². The third-order valence-corrected chi connectivity index (χ3v) is 2.26. The smallest absolute Gasteiger partial charge is 0.281 e. The number of hydrogen-bond acceptors (Lipinski definition) is 5. The molecule has 0 heterocycles. The largest absolute Gasteiger partial charge is 0.493 e. The predicted molar refractivity (Wildman–Crippen MR) is 68.3 cm³/mol. The molecule has 1 aromatic rings. The fraction of sp³-hybridized carbons (Fsp3) is 0.385. The Morgan fingerprint density at radius 1 is 1.26 bits per heavy atom. The van der Waals surface area contributed by atoms with Crippen LogP contribution in [0.2, 0.25) is 0 Å². The number of ether oxygens (including phenoxy) is 2. The highest BCUT2D eigenvalue weighted by Crippen LogP contribution is 2.28. The monoisotopic (exact) mass is 267 g/mol. The molecule has 0 atom stereocenters. The van der Waals surface area contributed by atoms with E-state index in [-0.39, 0.29) is 12.4 Å². The van der Waals surface area contributed by atoms with Crippen LogP contribution in [0.15, 0.2) is 18.2 Å². The van der Waals surface area contributed by atoms with Crippen LogP contribution in [-0.4, -0.2) is 32.0 Å². The summed E-state index contributed by atoms with van der Waals surface area (Å²) >= 11 is 0. The highest BCUT2D eigenvalue weighted by atomic mass is 16.7. The van der Waals surface area contributed by atoms with Crippen molar-refractivity contribution >= 4 is 11.7 Å². The van der Waals surface area contributed by atoms with E-state index in [9.17, 15) is 9.59 Å². The third kappa shape index (κ3) is 4.59. The molecule has 6 heteroatoms. The standard InChI is InChI=1S/C13H17NO5/c1-4-19-14-13(16)8-18-11-6-5-10(9(2)15)7-12(11)17-3/h5-7H,4,8H2,1-3H3,(H,14,16). The van der Waals surface area contributed by atoms with Gasteiger partial charge in [0.15, 0.2) is 23.9 Å². The lowest BCUT2D eigenvalue weighted by Crippen LogP contribution is -2.29. The van der Waals surface area contributed by atoms with Gasteiger partial charge in [-0.1, -0.05) is 0 Å². The van der Waals surface area contributed by atoms with E-state index < -0.39 is 5.91 Å². The number of ketones is 1. The minimum atomic E-state index is -0.403. The second-order valence-electron chi connectivity index (χ2n) is 3.67. The Labute approximate surface area is 111 Å². The van der Waals surface area contributed by atoms with Crippen molar-refractivity contribution in [3.8, 4) is 11.5 Å². The Morgan fingerprint density at radius 3 is 2.58 bits per heavy atom. The summed E-state index contributed by atoms with van der Waals surface area (Å²) in [5.41, 5.74) is 2.73. The van der Waals surface area contributed by atoms with E-state index in [0.29, 0.717) is 23.7 Å². The van der Waals surface area contributed by atoms with E-state index in [1.165, 1.54) is 14.0 Å². The fourth-order valence-corrected chi connectivity index (χ4v) is 1.33. The molecule has 0 spiro atoms. The van der Waals surface area contributed by atoms with Gasteiger partial charge in [-0.15, -0.1) is 0 Å². The zero-order valence-corrected chi connectivity index (χ0v) is 11.2. The Hall–Kier alpha value is -2.08. The number of methoxy groups -OCH3 is 1. The van der Waals surface area contributed by atoms with Gasteiger partial charge in [0.25, 0.3) is 5.91 Å². The van der Waals surface area contributed by atoms with Gasteiger partial charge in [-0.05, 0) is 32.0 Å². The molecule has 0 radical (unpaired) electrons. The van der Waals surface area contributed by atoms with Crippen molar-refractivity contribution in [1.29, 1.82) is 0 Å². The highest BCUT2D eigenvalue weighted by molar-refractivity contribution is 5.94. The van der Waals surface area contributed by atoms with Gasteiger partial charge in [-0.3, -0.25) is 14.4 Å². The molecule has 104 valence electrons. The molecule has 0 aliphatic carbocycles. The van der Waals surface area contributed by atoms with Gasteiger partial charge in [-0.2, -0.15) is 0 Å². The molecular formula is C13H17NO5. The third-order valence-electron chi connectivity index (χ3n) is 2.26. The lowest BCUT2D eigenvalue weighted by atomic mass is 10.1. The Balaban J connectivity index is 2.68. The van der Waals surface area contributed by atoms with Crippen LogP contribution in [0, 0.1) is 0 Å². The lowest BCUT2D eigenvalue weighted by Gasteiger charge is -2.11. The molecule has 0 unspecified atom stereocenters. The van der Waals surface area contributed by atoms with E-state index in [0.717, 1.165) is 0 Å². The summed E-state index contributed by atoms with van der Waals surface area (Å²) in [6.07, 6.45) is 0. The quantitative estimate of drug-likeness (QED) is 0.596. The topological polar surface area (TPSA) is 73.9 Å². The van der Waals surface area contributed by atoms with E-state index in [2.05, 4.69) is 5.48 Å². The summed E-state index contributed by atoms with van der Waals surface area (Å²) in [5, 5.41) is 0. The SMILES string of the molecule is CCONC(=O)COc1ccc(C(C)=O)cc1OC. The molecule has 1 rings (SSSR count). The summed E-state index contributed by atoms with van der Waals surface area (Å²) in [7, 11) is 1.46. The molecule has 0 fully saturated rings. The number of Topliss-reactive ketones (excluding diaryl/α,β-unsaturated/α-hetero) is 1. The van der Waals surface area contributed by atoms with Crippen LogP contribution >= 0.6 is 0 Å². The Kier molecular flexibility index (Phi) is 5.81. The van der Waals surface area contributed by atoms with Gasteiger partial charge < -0.3 is 9.47 Å². The van der Waals surface area contributed by atoms with Gasteiger partial charge >= 0.3 is 0 Å². The molecule has 19 heavy (non-hydrogen) atoms. The minimum Gasteiger partial charge on any atom is -0.493 e. The second kappa shape index (κ2) is 7.38. The van der Waals surface area contributed by atoms with Crippen LogP contribution in [0.5, 0.6) is 11.5 Å². The first kappa shape index (κ1) is 15.0. The van der Waals surface area contributed by atoms with Crippen molar-refractivity contribution in [2.24, 2.45) is 0 Å². The maximum Gasteiger partial charge on any atom is 0.281 e. The molecule has 1 amide bonds. The number of rotatable bonds is 7. The summed E-state index contributed by atoms with van der Waals surface area (Å²) in [4.78, 5) is 27.3. The van der Waals surface area contributed by atoms with E-state index in [4.69, 9.17) is 14.3 Å². The molecule has 1 N–H and O–H groups in total. The lowest BCUT2D eigenvalue weighted by molar-refractivity contribution is -0.135. The highest BCUT2D eigenvalue weighted by Gasteiger charge is 2.10. The van der Waals surface area contributed by atoms with Crippen molar-refractivity contribution in [1.82, 2.24) is 5.48 Å². The van der Waals surface area contributed by atoms with Gasteiger partial charge in [0, 0.05) is 5.56 Å². The second-order valence-corrected chi connectivity index (χ2v) is 3.67. The summed E-state index contributed by atoms with van der Waals surface area (Å²) in [6.45, 7) is 3.40. The maximum absolute atomic E-state index is 11.3. The van der Waals surface area contributed by atoms with Gasteiger partial charge in [-0.25, -0.2) is 5.48 Å². The molecule has 0 aromatic heterocycles. The molecule has 0 saturated carbocycles. The molecule has 1 aromatic carbocycles. The normalized spacial score (nSPS) is 9.84. The van der Waals surface area contributed by atoms with Crippen LogP contribution in [0.3, 0.4) is 0 Å². The fourth-order valence-electron chi connectivity index (χ4n) is 1.33. The molecule has 0 saturated heterocycles. The van der Waals surface area contributed by atoms with Gasteiger partial charge in [0.05, 0.1) is 13.7 Å². The number of carbonyl (C=O) groups is 2. The molecule has 0 bridgehead atoms. The molecule has 0 aliphatic heterocycles. The zero-order chi connectivity index (χ0) is 14.3. The number of nitrogens with one attached hydrogen (secondary N) is 1. The average molecular weight is 267 g/mol. The van der Waals surface area contributed by atoms with Gasteiger partial charge in [0.2, 0.25) is 0 Å². The first-order valence-electron chi connectivity index (χ1n) is 5.80. The average Bonchev–Trinajstić information content (AvgIpc) is 2.42. The minimum absolute atomic E-state index is 0.0704. The van der Waals surface area contributed by atoms with Crippen molar-refractivity contribution in [3.63, 3.8) is 0 Å². The van der Waals surface area contributed by atoms with Crippen LogP contribution in [0.4, 0.5) is 0 Å². The van der Waals surface area contributed by atoms with Crippen molar-refractivity contribution in [3.05, 3.63) is 23.8 Å². The molecule has 0 aliphatic rings. The first-order chi connectivity index (χ1) is 9.08. The van der Waals surface area contributed by atoms with Crippen molar-refractivity contribution in [2.75, 3.05) is 20.3 Å². The number of carbonyl (C=O) groups excluding carboxylic acids is 2. The number of amides is 1. The molecular weight excluding hydrogens is 250 g/mol. The maximum atomic E-state index is 11.3. The summed E-state index contributed by atoms with van der Waals surface area (Å²) in [5.74, 6) is 0.314. The number of hydroxylamine groups is 1. The van der Waals surface area contributed by atoms with Crippen LogP contribution in [0.25, 0.3) is 0 Å². The predicted octanol–water partition coefficient (Wildman–Crippen LogP) is 1.34. The van der Waals surface area contributed by atoms with E-state index in [1.807, 2.05) is 0 Å². The molecule has 6 nitrogen and oxygen atoms in total. The van der Waals surface area contributed by atoms with E-state index in [1.54, 1.807) is 25.1 Å². The van der Waals surface area contributed by atoms with Crippen LogP contribution in [0.1, 0.15) is 24.2 Å². The first-order valence-corrected chi connectivity index (χ1v) is 5.80. The van der Waals surface area contributed by atoms with Crippen LogP contribution in [-0.2, 0) is 9.63 Å².